The monoisotopic (exact) mass is 398 g/mol. The van der Waals surface area contributed by atoms with Crippen LogP contribution in [-0.4, -0.2) is 33.8 Å². The molecule has 0 spiro atoms. The molecule has 1 heterocycles. The Labute approximate surface area is 157 Å². The lowest BCUT2D eigenvalue weighted by atomic mass is 10.3. The Morgan fingerprint density at radius 1 is 1.08 bits per heavy atom. The molecule has 2 rings (SSSR count). The fourth-order valence-electron chi connectivity index (χ4n) is 1.51. The molecule has 0 aliphatic carbocycles. The van der Waals surface area contributed by atoms with Crippen LogP contribution < -0.4 is 0 Å². The van der Waals surface area contributed by atoms with Crippen molar-refractivity contribution in [1.82, 2.24) is 0 Å². The van der Waals surface area contributed by atoms with Gasteiger partial charge in [-0.2, -0.15) is 0 Å². The number of carboxylic acids is 2. The molecule has 2 N–H and O–H groups in total. The van der Waals surface area contributed by atoms with Crippen LogP contribution in [-0.2, 0) is 16.0 Å². The summed E-state index contributed by atoms with van der Waals surface area (Å²) in [7, 11) is 0. The summed E-state index contributed by atoms with van der Waals surface area (Å²) in [5.74, 6) is -2.04. The third-order valence-electron chi connectivity index (χ3n) is 2.54. The van der Waals surface area contributed by atoms with Crippen LogP contribution in [0.4, 0.5) is 0 Å². The van der Waals surface area contributed by atoms with Gasteiger partial charge in [0.2, 0.25) is 0 Å². The van der Waals surface area contributed by atoms with E-state index >= 15 is 0 Å². The first kappa shape index (κ1) is 21.0. The highest BCUT2D eigenvalue weighted by atomic mass is 35.5. The van der Waals surface area contributed by atoms with Gasteiger partial charge in [-0.1, -0.05) is 30.0 Å². The van der Waals surface area contributed by atoms with Crippen LogP contribution in [0.15, 0.2) is 58.8 Å². The summed E-state index contributed by atoms with van der Waals surface area (Å²) in [5.41, 5.74) is 0. The molecule has 0 unspecified atom stereocenters. The zero-order chi connectivity index (χ0) is 18.7. The number of alkyl halides is 1. The molecule has 5 nitrogen and oxygen atoms in total. The lowest BCUT2D eigenvalue weighted by molar-refractivity contribution is -0.136. The first-order valence-corrected chi connectivity index (χ1v) is 9.16. The molecule has 1 aromatic heterocycles. The highest BCUT2D eigenvalue weighted by Gasteiger charge is 2.09. The molecule has 0 bridgehead atoms. The van der Waals surface area contributed by atoms with Crippen molar-refractivity contribution in [3.05, 3.63) is 63.7 Å². The summed E-state index contributed by atoms with van der Waals surface area (Å²) >= 11 is 7.91. The SMILES string of the molecule is O=C(O)C=CSc1ccccc1.O=C(O)Cc1ccc(C(=O)CCl)s1. The van der Waals surface area contributed by atoms with E-state index in [-0.39, 0.29) is 18.1 Å². The van der Waals surface area contributed by atoms with Gasteiger partial charge >= 0.3 is 11.9 Å². The van der Waals surface area contributed by atoms with E-state index in [1.54, 1.807) is 17.5 Å². The van der Waals surface area contributed by atoms with Crippen LogP contribution in [0.3, 0.4) is 0 Å². The number of carboxylic acid groups (broad SMARTS) is 2. The van der Waals surface area contributed by atoms with E-state index in [0.29, 0.717) is 9.75 Å². The Balaban J connectivity index is 0.000000251. The van der Waals surface area contributed by atoms with Crippen molar-refractivity contribution < 1.29 is 24.6 Å². The van der Waals surface area contributed by atoms with E-state index in [1.807, 2.05) is 30.3 Å². The minimum absolute atomic E-state index is 0.0414. The molecule has 0 amide bonds. The number of thioether (sulfide) groups is 1. The third-order valence-corrected chi connectivity index (χ3v) is 4.73. The molecular weight excluding hydrogens is 384 g/mol. The first-order valence-electron chi connectivity index (χ1n) is 6.93. The van der Waals surface area contributed by atoms with Crippen molar-refractivity contribution in [3.8, 4) is 0 Å². The fraction of sp³-hybridized carbons (Fsp3) is 0.118. The van der Waals surface area contributed by atoms with Crippen LogP contribution in [0, 0.1) is 0 Å². The van der Waals surface area contributed by atoms with E-state index in [1.165, 1.54) is 23.1 Å². The number of Topliss-reactive ketones (excluding diaryl/α,β-unsaturated/α-hetero) is 1. The molecule has 0 saturated heterocycles. The van der Waals surface area contributed by atoms with E-state index < -0.39 is 11.9 Å². The zero-order valence-electron chi connectivity index (χ0n) is 12.9. The number of hydrogen-bond donors (Lipinski definition) is 2. The normalized spacial score (nSPS) is 10.1. The Bertz CT molecular complexity index is 741. The van der Waals surface area contributed by atoms with Crippen molar-refractivity contribution in [3.63, 3.8) is 0 Å². The number of thiophene rings is 1. The molecular formula is C17H15ClO5S2. The minimum Gasteiger partial charge on any atom is -0.481 e. The second-order valence-electron chi connectivity index (χ2n) is 4.47. The molecule has 0 saturated carbocycles. The lowest BCUT2D eigenvalue weighted by Gasteiger charge is -1.91. The lowest BCUT2D eigenvalue weighted by Crippen LogP contribution is -1.97. The van der Waals surface area contributed by atoms with E-state index in [4.69, 9.17) is 21.8 Å². The molecule has 25 heavy (non-hydrogen) atoms. The number of hydrogen-bond acceptors (Lipinski definition) is 5. The Morgan fingerprint density at radius 3 is 2.32 bits per heavy atom. The zero-order valence-corrected chi connectivity index (χ0v) is 15.3. The largest absolute Gasteiger partial charge is 0.481 e. The van der Waals surface area contributed by atoms with Crippen molar-refractivity contribution >= 4 is 52.4 Å². The average molecular weight is 399 g/mol. The molecule has 0 aliphatic rings. The van der Waals surface area contributed by atoms with E-state index in [9.17, 15) is 14.4 Å². The maximum absolute atomic E-state index is 11.0. The van der Waals surface area contributed by atoms with Gasteiger partial charge in [-0.3, -0.25) is 9.59 Å². The number of benzene rings is 1. The maximum atomic E-state index is 11.0. The summed E-state index contributed by atoms with van der Waals surface area (Å²) in [6.45, 7) is 0. The first-order chi connectivity index (χ1) is 11.9. The molecule has 0 fully saturated rings. The number of aliphatic carboxylic acids is 2. The molecule has 132 valence electrons. The summed E-state index contributed by atoms with van der Waals surface area (Å²) in [4.78, 5) is 33.7. The van der Waals surface area contributed by atoms with Gasteiger partial charge in [0.05, 0.1) is 17.2 Å². The van der Waals surface area contributed by atoms with Crippen molar-refractivity contribution in [2.45, 2.75) is 11.3 Å². The Hall–Kier alpha value is -2.09. The summed E-state index contributed by atoms with van der Waals surface area (Å²) in [6, 6.07) is 12.8. The highest BCUT2D eigenvalue weighted by Crippen LogP contribution is 2.18. The predicted molar refractivity (Wildman–Crippen MR) is 99.8 cm³/mol. The fourth-order valence-corrected chi connectivity index (χ4v) is 3.32. The van der Waals surface area contributed by atoms with Crippen molar-refractivity contribution in [2.24, 2.45) is 0 Å². The Morgan fingerprint density at radius 2 is 1.76 bits per heavy atom. The average Bonchev–Trinajstić information content (AvgIpc) is 3.03. The van der Waals surface area contributed by atoms with E-state index in [0.717, 1.165) is 11.0 Å². The standard InChI is InChI=1S/C9H8O2S.C8H7ClO3S/c10-9(11)6-7-12-8-4-2-1-3-5-8;9-4-6(10)7-2-1-5(13-7)3-8(11)12/h1-7H,(H,10,11);1-2H,3-4H2,(H,11,12). The predicted octanol–water partition coefficient (Wildman–Crippen LogP) is 4.17. The summed E-state index contributed by atoms with van der Waals surface area (Å²) < 4.78 is 0. The van der Waals surface area contributed by atoms with Crippen LogP contribution in [0.2, 0.25) is 0 Å². The molecule has 0 atom stereocenters. The maximum Gasteiger partial charge on any atom is 0.328 e. The highest BCUT2D eigenvalue weighted by molar-refractivity contribution is 8.02. The van der Waals surface area contributed by atoms with Crippen molar-refractivity contribution in [1.29, 1.82) is 0 Å². The van der Waals surface area contributed by atoms with E-state index in [2.05, 4.69) is 0 Å². The smallest absolute Gasteiger partial charge is 0.328 e. The van der Waals surface area contributed by atoms with Gasteiger partial charge in [0.25, 0.3) is 0 Å². The molecule has 0 radical (unpaired) electrons. The topological polar surface area (TPSA) is 91.7 Å². The van der Waals surface area contributed by atoms with Gasteiger partial charge in [-0.25, -0.2) is 4.79 Å². The number of rotatable bonds is 7. The quantitative estimate of drug-likeness (QED) is 0.314. The molecule has 0 aliphatic heterocycles. The van der Waals surface area contributed by atoms with Gasteiger partial charge in [0.15, 0.2) is 5.78 Å². The minimum atomic E-state index is -0.918. The van der Waals surface area contributed by atoms with Gasteiger partial charge in [-0.05, 0) is 29.7 Å². The number of carbonyl (C=O) groups is 3. The second-order valence-corrected chi connectivity index (χ2v) is 6.88. The summed E-state index contributed by atoms with van der Waals surface area (Å²) in [6.07, 6.45) is 1.08. The van der Waals surface area contributed by atoms with Gasteiger partial charge in [0, 0.05) is 15.8 Å². The van der Waals surface area contributed by atoms with Crippen LogP contribution in [0.1, 0.15) is 14.5 Å². The number of ketones is 1. The van der Waals surface area contributed by atoms with Crippen LogP contribution in [0.5, 0.6) is 0 Å². The Kier molecular flexibility index (Phi) is 9.61. The molecule has 2 aromatic rings. The number of halogens is 1. The van der Waals surface area contributed by atoms with Crippen molar-refractivity contribution in [2.75, 3.05) is 5.88 Å². The third kappa shape index (κ3) is 9.09. The molecule has 8 heteroatoms. The number of carbonyl (C=O) groups excluding carboxylic acids is 1. The second kappa shape index (κ2) is 11.5. The van der Waals surface area contributed by atoms with Gasteiger partial charge in [-0.15, -0.1) is 22.9 Å². The van der Waals surface area contributed by atoms with Crippen LogP contribution in [0.25, 0.3) is 0 Å². The summed E-state index contributed by atoms with van der Waals surface area (Å²) in [5, 5.41) is 18.3. The van der Waals surface area contributed by atoms with Crippen LogP contribution >= 0.6 is 34.7 Å². The molecule has 1 aromatic carbocycles. The van der Waals surface area contributed by atoms with Gasteiger partial charge in [0.1, 0.15) is 0 Å². The van der Waals surface area contributed by atoms with Gasteiger partial charge < -0.3 is 10.2 Å².